The molecular formula is C14H25N3. The molecule has 96 valence electrons. The van der Waals surface area contributed by atoms with E-state index in [0.717, 1.165) is 18.4 Å². The van der Waals surface area contributed by atoms with E-state index in [9.17, 15) is 0 Å². The molecule has 1 saturated carbocycles. The maximum absolute atomic E-state index is 3.99. The third-order valence-corrected chi connectivity index (χ3v) is 4.04. The van der Waals surface area contributed by atoms with E-state index in [1.165, 1.54) is 37.8 Å². The molecular weight excluding hydrogens is 210 g/mol. The van der Waals surface area contributed by atoms with Crippen LogP contribution in [0.2, 0.25) is 0 Å². The number of nitrogens with one attached hydrogen (secondary N) is 2. The highest BCUT2D eigenvalue weighted by Gasteiger charge is 2.18. The molecule has 3 unspecified atom stereocenters. The van der Waals surface area contributed by atoms with Crippen molar-refractivity contribution in [2.45, 2.75) is 52.0 Å². The van der Waals surface area contributed by atoms with Gasteiger partial charge in [-0.3, -0.25) is 5.10 Å². The van der Waals surface area contributed by atoms with E-state index in [1.54, 1.807) is 0 Å². The van der Waals surface area contributed by atoms with Crippen LogP contribution in [0.1, 0.15) is 57.7 Å². The normalized spacial score (nSPS) is 26.9. The second-order valence-corrected chi connectivity index (χ2v) is 5.61. The molecule has 1 aromatic rings. The Kier molecular flexibility index (Phi) is 4.60. The molecule has 0 aliphatic heterocycles. The highest BCUT2D eigenvalue weighted by molar-refractivity contribution is 5.02. The fourth-order valence-corrected chi connectivity index (χ4v) is 2.94. The number of aromatic amines is 1. The van der Waals surface area contributed by atoms with Crippen LogP contribution in [0, 0.1) is 11.8 Å². The zero-order valence-corrected chi connectivity index (χ0v) is 11.1. The maximum atomic E-state index is 3.99. The molecule has 1 aliphatic rings. The van der Waals surface area contributed by atoms with Crippen molar-refractivity contribution in [1.82, 2.24) is 15.5 Å². The van der Waals surface area contributed by atoms with Crippen molar-refractivity contribution in [3.8, 4) is 0 Å². The largest absolute Gasteiger partial charge is 0.309 e. The van der Waals surface area contributed by atoms with E-state index in [0.29, 0.717) is 6.04 Å². The summed E-state index contributed by atoms with van der Waals surface area (Å²) in [5, 5.41) is 10.6. The number of aromatic nitrogens is 2. The van der Waals surface area contributed by atoms with E-state index < -0.39 is 0 Å². The fraction of sp³-hybridized carbons (Fsp3) is 0.786. The Labute approximate surface area is 104 Å². The summed E-state index contributed by atoms with van der Waals surface area (Å²) in [6.07, 6.45) is 8.88. The van der Waals surface area contributed by atoms with E-state index in [-0.39, 0.29) is 0 Å². The summed E-state index contributed by atoms with van der Waals surface area (Å²) in [5.41, 5.74) is 1.18. The number of rotatable bonds is 5. The fourth-order valence-electron chi connectivity index (χ4n) is 2.94. The van der Waals surface area contributed by atoms with Gasteiger partial charge in [0.15, 0.2) is 0 Å². The second-order valence-electron chi connectivity index (χ2n) is 5.61. The Bertz CT molecular complexity index is 307. The van der Waals surface area contributed by atoms with Gasteiger partial charge in [0.25, 0.3) is 0 Å². The Morgan fingerprint density at radius 1 is 1.53 bits per heavy atom. The predicted molar refractivity (Wildman–Crippen MR) is 70.7 cm³/mol. The quantitative estimate of drug-likeness (QED) is 0.822. The molecule has 2 N–H and O–H groups in total. The summed E-state index contributed by atoms with van der Waals surface area (Å²) in [7, 11) is 0. The molecule has 3 atom stereocenters. The molecule has 0 spiro atoms. The molecule has 0 bridgehead atoms. The van der Waals surface area contributed by atoms with Crippen LogP contribution in [0.25, 0.3) is 0 Å². The first kappa shape index (κ1) is 12.6. The summed E-state index contributed by atoms with van der Waals surface area (Å²) in [6.45, 7) is 5.71. The van der Waals surface area contributed by atoms with E-state index in [2.05, 4.69) is 29.4 Å². The molecule has 17 heavy (non-hydrogen) atoms. The summed E-state index contributed by atoms with van der Waals surface area (Å²) in [6, 6.07) is 2.43. The molecule has 1 aromatic heterocycles. The van der Waals surface area contributed by atoms with Gasteiger partial charge in [0.2, 0.25) is 0 Å². The lowest BCUT2D eigenvalue weighted by molar-refractivity contribution is 0.265. The first-order valence-corrected chi connectivity index (χ1v) is 6.98. The molecule has 1 aliphatic carbocycles. The Morgan fingerprint density at radius 2 is 2.41 bits per heavy atom. The second kappa shape index (κ2) is 6.20. The first-order chi connectivity index (χ1) is 8.25. The van der Waals surface area contributed by atoms with Crippen LogP contribution < -0.4 is 5.32 Å². The molecule has 0 radical (unpaired) electrons. The van der Waals surface area contributed by atoms with Gasteiger partial charge in [-0.15, -0.1) is 0 Å². The Balaban J connectivity index is 1.65. The molecule has 0 saturated heterocycles. The van der Waals surface area contributed by atoms with Crippen LogP contribution >= 0.6 is 0 Å². The zero-order valence-electron chi connectivity index (χ0n) is 11.1. The van der Waals surface area contributed by atoms with Crippen molar-refractivity contribution >= 4 is 0 Å². The van der Waals surface area contributed by atoms with Gasteiger partial charge in [0, 0.05) is 12.2 Å². The van der Waals surface area contributed by atoms with E-state index in [1.807, 2.05) is 12.3 Å². The highest BCUT2D eigenvalue weighted by Crippen LogP contribution is 2.30. The van der Waals surface area contributed by atoms with Gasteiger partial charge in [-0.1, -0.05) is 26.2 Å². The molecule has 0 amide bonds. The Hall–Kier alpha value is -0.830. The van der Waals surface area contributed by atoms with Crippen molar-refractivity contribution in [2.24, 2.45) is 11.8 Å². The SMILES string of the molecule is CC1CCCC(CCNC(C)c2ccn[nH]2)C1. The number of hydrogen-bond acceptors (Lipinski definition) is 2. The highest BCUT2D eigenvalue weighted by atomic mass is 15.1. The van der Waals surface area contributed by atoms with Crippen LogP contribution in [-0.4, -0.2) is 16.7 Å². The molecule has 2 rings (SSSR count). The lowest BCUT2D eigenvalue weighted by Gasteiger charge is -2.27. The van der Waals surface area contributed by atoms with Crippen molar-refractivity contribution in [3.63, 3.8) is 0 Å². The average Bonchev–Trinajstić information content (AvgIpc) is 2.82. The zero-order chi connectivity index (χ0) is 12.1. The van der Waals surface area contributed by atoms with Gasteiger partial charge in [-0.25, -0.2) is 0 Å². The third kappa shape index (κ3) is 3.84. The van der Waals surface area contributed by atoms with Crippen molar-refractivity contribution < 1.29 is 0 Å². The number of nitrogens with zero attached hydrogens (tertiary/aromatic N) is 1. The van der Waals surface area contributed by atoms with Crippen LogP contribution in [0.4, 0.5) is 0 Å². The third-order valence-electron chi connectivity index (χ3n) is 4.04. The van der Waals surface area contributed by atoms with Gasteiger partial charge in [-0.2, -0.15) is 5.10 Å². The summed E-state index contributed by atoms with van der Waals surface area (Å²) >= 11 is 0. The van der Waals surface area contributed by atoms with Crippen molar-refractivity contribution in [1.29, 1.82) is 0 Å². The van der Waals surface area contributed by atoms with Crippen LogP contribution in [0.5, 0.6) is 0 Å². The minimum Gasteiger partial charge on any atom is -0.309 e. The van der Waals surface area contributed by atoms with E-state index in [4.69, 9.17) is 0 Å². The van der Waals surface area contributed by atoms with Gasteiger partial charge in [-0.05, 0) is 44.2 Å². The van der Waals surface area contributed by atoms with E-state index >= 15 is 0 Å². The van der Waals surface area contributed by atoms with Gasteiger partial charge >= 0.3 is 0 Å². The van der Waals surface area contributed by atoms with Crippen molar-refractivity contribution in [3.05, 3.63) is 18.0 Å². The lowest BCUT2D eigenvalue weighted by atomic mass is 9.81. The average molecular weight is 235 g/mol. The van der Waals surface area contributed by atoms with Gasteiger partial charge < -0.3 is 5.32 Å². The molecule has 3 heteroatoms. The van der Waals surface area contributed by atoms with Crippen molar-refractivity contribution in [2.75, 3.05) is 6.54 Å². The van der Waals surface area contributed by atoms with Gasteiger partial charge in [0.1, 0.15) is 0 Å². The Morgan fingerprint density at radius 3 is 3.12 bits per heavy atom. The lowest BCUT2D eigenvalue weighted by Crippen LogP contribution is -2.24. The maximum Gasteiger partial charge on any atom is 0.0518 e. The summed E-state index contributed by atoms with van der Waals surface area (Å²) < 4.78 is 0. The van der Waals surface area contributed by atoms with Crippen LogP contribution in [0.3, 0.4) is 0 Å². The molecule has 3 nitrogen and oxygen atoms in total. The molecule has 0 aromatic carbocycles. The minimum atomic E-state index is 0.388. The van der Waals surface area contributed by atoms with Gasteiger partial charge in [0.05, 0.1) is 5.69 Å². The van der Waals surface area contributed by atoms with Crippen LogP contribution in [-0.2, 0) is 0 Å². The molecule has 1 fully saturated rings. The standard InChI is InChI=1S/C14H25N3/c1-11-4-3-5-13(10-11)6-8-15-12(2)14-7-9-16-17-14/h7,9,11-13,15H,3-6,8,10H2,1-2H3,(H,16,17). The minimum absolute atomic E-state index is 0.388. The predicted octanol–water partition coefficient (Wildman–Crippen LogP) is 3.28. The number of H-pyrrole nitrogens is 1. The number of hydrogen-bond donors (Lipinski definition) is 2. The summed E-state index contributed by atoms with van der Waals surface area (Å²) in [4.78, 5) is 0. The smallest absolute Gasteiger partial charge is 0.0518 e. The first-order valence-electron chi connectivity index (χ1n) is 6.98. The molecule has 1 heterocycles. The van der Waals surface area contributed by atoms with Crippen LogP contribution in [0.15, 0.2) is 12.3 Å². The summed E-state index contributed by atoms with van der Waals surface area (Å²) in [5.74, 6) is 1.89. The topological polar surface area (TPSA) is 40.7 Å². The monoisotopic (exact) mass is 235 g/mol.